The van der Waals surface area contributed by atoms with E-state index in [0.717, 1.165) is 55.0 Å². The van der Waals surface area contributed by atoms with Gasteiger partial charge in [0.25, 0.3) is 0 Å². The maximum absolute atomic E-state index is 14.0. The summed E-state index contributed by atoms with van der Waals surface area (Å²) < 4.78 is 14.0. The highest BCUT2D eigenvalue weighted by Crippen LogP contribution is 2.51. The summed E-state index contributed by atoms with van der Waals surface area (Å²) in [6.45, 7) is 12.0. The first-order chi connectivity index (χ1) is 23.4. The summed E-state index contributed by atoms with van der Waals surface area (Å²) in [4.78, 5) is 8.81. The van der Waals surface area contributed by atoms with Crippen LogP contribution in [0.25, 0.3) is 81.9 Å². The topological polar surface area (TPSA) is 17.2 Å². The van der Waals surface area contributed by atoms with E-state index in [1.54, 1.807) is 0 Å². The zero-order chi connectivity index (χ0) is 32.6. The van der Waals surface area contributed by atoms with Crippen LogP contribution in [0.3, 0.4) is 0 Å². The van der Waals surface area contributed by atoms with Crippen LogP contribution in [-0.4, -0.2) is 4.98 Å². The van der Waals surface area contributed by atoms with E-state index < -0.39 is 0 Å². The number of fused-ring (bicyclic) bond motifs is 8. The Morgan fingerprint density at radius 3 is 1.90 bits per heavy atom. The second-order valence-corrected chi connectivity index (χ2v) is 13.2. The Morgan fingerprint density at radius 1 is 0.542 bits per heavy atom. The van der Waals surface area contributed by atoms with Gasteiger partial charge >= 0.3 is 0 Å². The molecule has 0 aliphatic heterocycles. The Bertz CT molecular complexity index is 2640. The predicted octanol–water partition coefficient (Wildman–Crippen LogP) is 12.5. The van der Waals surface area contributed by atoms with Crippen molar-refractivity contribution in [1.29, 1.82) is 0 Å². The third kappa shape index (κ3) is 4.20. The van der Waals surface area contributed by atoms with Gasteiger partial charge in [-0.2, -0.15) is 0 Å². The van der Waals surface area contributed by atoms with Crippen molar-refractivity contribution in [3.8, 4) is 44.6 Å². The van der Waals surface area contributed by atoms with E-state index in [0.29, 0.717) is 5.69 Å². The summed E-state index contributed by atoms with van der Waals surface area (Å²) >= 11 is 0. The normalized spacial score (nSPS) is 13.0. The van der Waals surface area contributed by atoms with Gasteiger partial charge in [-0.1, -0.05) is 111 Å². The lowest BCUT2D eigenvalue weighted by Crippen LogP contribution is -2.14. The number of para-hydroxylation sites is 1. The minimum absolute atomic E-state index is 0.189. The average Bonchev–Trinajstić information content (AvgIpc) is 3.36. The summed E-state index contributed by atoms with van der Waals surface area (Å²) in [5.74, 6) is -0.263. The molecule has 48 heavy (non-hydrogen) atoms. The fourth-order valence-corrected chi connectivity index (χ4v) is 7.70. The van der Waals surface area contributed by atoms with Crippen LogP contribution in [0.15, 0.2) is 140 Å². The number of benzene rings is 7. The van der Waals surface area contributed by atoms with Crippen LogP contribution >= 0.6 is 0 Å². The maximum Gasteiger partial charge on any atom is 0.187 e. The predicted molar refractivity (Wildman–Crippen MR) is 197 cm³/mol. The van der Waals surface area contributed by atoms with Crippen LogP contribution in [0.4, 0.5) is 10.1 Å². The molecule has 3 heteroatoms. The zero-order valence-electron chi connectivity index (χ0n) is 26.6. The number of halogens is 1. The van der Waals surface area contributed by atoms with Gasteiger partial charge in [0.2, 0.25) is 0 Å². The Kier molecular flexibility index (Phi) is 6.13. The van der Waals surface area contributed by atoms with Crippen LogP contribution < -0.4 is 0 Å². The number of pyridine rings is 1. The molecule has 8 aromatic rings. The molecule has 0 amide bonds. The van der Waals surface area contributed by atoms with Crippen molar-refractivity contribution in [2.75, 3.05) is 0 Å². The molecule has 226 valence electrons. The van der Waals surface area contributed by atoms with Gasteiger partial charge in [-0.05, 0) is 97.7 Å². The number of rotatable bonds is 3. The molecule has 7 aromatic carbocycles. The first-order valence-corrected chi connectivity index (χ1v) is 16.2. The molecule has 0 radical (unpaired) electrons. The van der Waals surface area contributed by atoms with E-state index in [1.807, 2.05) is 36.4 Å². The third-order valence-electron chi connectivity index (χ3n) is 10.1. The smallest absolute Gasteiger partial charge is 0.187 e. The molecule has 9 rings (SSSR count). The molecular weight excluding hydrogens is 588 g/mol. The van der Waals surface area contributed by atoms with Crippen LogP contribution in [0.2, 0.25) is 0 Å². The molecule has 2 nitrogen and oxygen atoms in total. The molecule has 1 aromatic heterocycles. The fraction of sp³-hybridized carbons (Fsp3) is 0.0667. The van der Waals surface area contributed by atoms with Crippen molar-refractivity contribution in [3.63, 3.8) is 0 Å². The highest BCUT2D eigenvalue weighted by Gasteiger charge is 2.35. The number of nitrogens with zero attached hydrogens (tertiary/aromatic N) is 2. The second-order valence-electron chi connectivity index (χ2n) is 13.2. The first kappa shape index (κ1) is 28.1. The van der Waals surface area contributed by atoms with Crippen molar-refractivity contribution >= 4 is 38.1 Å². The minimum Gasteiger partial charge on any atom is -0.247 e. The Hall–Kier alpha value is -6.11. The van der Waals surface area contributed by atoms with Crippen LogP contribution in [-0.2, 0) is 5.41 Å². The van der Waals surface area contributed by atoms with Crippen molar-refractivity contribution in [2.24, 2.45) is 0 Å². The highest BCUT2D eigenvalue weighted by molar-refractivity contribution is 6.25. The number of hydrogen-bond donors (Lipinski definition) is 0. The van der Waals surface area contributed by atoms with E-state index in [1.165, 1.54) is 45.3 Å². The number of hydrogen-bond acceptors (Lipinski definition) is 1. The monoisotopic (exact) mass is 616 g/mol. The van der Waals surface area contributed by atoms with Crippen LogP contribution in [0.1, 0.15) is 25.0 Å². The van der Waals surface area contributed by atoms with Gasteiger partial charge in [0.15, 0.2) is 5.69 Å². The Morgan fingerprint density at radius 2 is 1.15 bits per heavy atom. The summed E-state index contributed by atoms with van der Waals surface area (Å²) in [6.07, 6.45) is 0. The van der Waals surface area contributed by atoms with E-state index in [-0.39, 0.29) is 11.2 Å². The molecule has 0 saturated heterocycles. The summed E-state index contributed by atoms with van der Waals surface area (Å²) in [5, 5.41) is 5.64. The molecule has 0 bridgehead atoms. The van der Waals surface area contributed by atoms with Gasteiger partial charge in [-0.15, -0.1) is 0 Å². The van der Waals surface area contributed by atoms with Crippen molar-refractivity contribution < 1.29 is 4.39 Å². The van der Waals surface area contributed by atoms with Gasteiger partial charge in [0, 0.05) is 27.1 Å². The van der Waals surface area contributed by atoms with Crippen molar-refractivity contribution in [3.05, 3.63) is 168 Å². The quantitative estimate of drug-likeness (QED) is 0.143. The molecule has 0 fully saturated rings. The molecule has 0 unspecified atom stereocenters. The van der Waals surface area contributed by atoms with Gasteiger partial charge in [0.1, 0.15) is 5.82 Å². The molecule has 0 spiro atoms. The molecule has 0 atom stereocenters. The molecular formula is C45H29FN2. The van der Waals surface area contributed by atoms with Crippen molar-refractivity contribution in [1.82, 2.24) is 4.98 Å². The SMILES string of the molecule is [C-]#[N+]c1ccc2c(c1)C(C)(C)c1cc(-c3ccc(-c4cc5c(-c6ccc(F)cc6)nc6ccccc6c5c5ccccc45)cc3)ccc1-2. The molecule has 1 heterocycles. The molecule has 1 aliphatic carbocycles. The third-order valence-corrected chi connectivity index (χ3v) is 10.1. The van der Waals surface area contributed by atoms with Crippen LogP contribution in [0.5, 0.6) is 0 Å². The highest BCUT2D eigenvalue weighted by atomic mass is 19.1. The largest absolute Gasteiger partial charge is 0.247 e. The molecule has 0 saturated carbocycles. The first-order valence-electron chi connectivity index (χ1n) is 16.2. The lowest BCUT2D eigenvalue weighted by atomic mass is 9.81. The lowest BCUT2D eigenvalue weighted by Gasteiger charge is -2.22. The van der Waals surface area contributed by atoms with E-state index in [4.69, 9.17) is 11.6 Å². The minimum atomic E-state index is -0.263. The van der Waals surface area contributed by atoms with Gasteiger partial charge in [0.05, 0.1) is 17.8 Å². The Labute approximate surface area is 278 Å². The fourth-order valence-electron chi connectivity index (χ4n) is 7.70. The second kappa shape index (κ2) is 10.5. The summed E-state index contributed by atoms with van der Waals surface area (Å²) in [7, 11) is 0. The zero-order valence-corrected chi connectivity index (χ0v) is 26.6. The lowest BCUT2D eigenvalue weighted by molar-refractivity contribution is 0.628. The van der Waals surface area contributed by atoms with Gasteiger partial charge < -0.3 is 0 Å². The molecule has 0 N–H and O–H groups in total. The maximum atomic E-state index is 14.0. The van der Waals surface area contributed by atoms with Crippen LogP contribution in [0, 0.1) is 12.4 Å². The standard InChI is InChI=1S/C45H29FN2/c1-45(2)40-24-30(18-22-34(40)35-23-21-32(47-3)25-41(35)45)27-12-14-28(15-13-27)38-26-39-43(36-9-5-4-8-33(36)38)37-10-6-7-11-42(37)48-44(39)29-16-19-31(46)20-17-29/h4-26H,1-2H3. The van der Waals surface area contributed by atoms with E-state index >= 15 is 0 Å². The molecule has 1 aliphatic rings. The average molecular weight is 617 g/mol. The van der Waals surface area contributed by atoms with Gasteiger partial charge in [-0.3, -0.25) is 0 Å². The summed E-state index contributed by atoms with van der Waals surface area (Å²) in [5.41, 5.74) is 12.7. The number of aromatic nitrogens is 1. The van der Waals surface area contributed by atoms with E-state index in [9.17, 15) is 4.39 Å². The van der Waals surface area contributed by atoms with Gasteiger partial charge in [-0.25, -0.2) is 14.2 Å². The summed E-state index contributed by atoms with van der Waals surface area (Å²) in [6, 6.07) is 47.4. The van der Waals surface area contributed by atoms with Crippen molar-refractivity contribution in [2.45, 2.75) is 19.3 Å². The van der Waals surface area contributed by atoms with E-state index in [2.05, 4.69) is 110 Å². The Balaban J connectivity index is 1.20.